The molecule has 6 nitrogen and oxygen atoms in total. The van der Waals surface area contributed by atoms with E-state index in [1.54, 1.807) is 18.2 Å². The first kappa shape index (κ1) is 18.8. The van der Waals surface area contributed by atoms with Crippen molar-refractivity contribution in [2.24, 2.45) is 0 Å². The van der Waals surface area contributed by atoms with Crippen LogP contribution in [0.1, 0.15) is 5.69 Å². The maximum atomic E-state index is 13.7. The average Bonchev–Trinajstić information content (AvgIpc) is 2.75. The maximum Gasteiger partial charge on any atom is 0.238 e. The molecule has 29 heavy (non-hydrogen) atoms. The molecule has 0 unspecified atom stereocenters. The molecular weight excluding hydrogens is 369 g/mol. The summed E-state index contributed by atoms with van der Waals surface area (Å²) in [6, 6.07) is 17.9. The van der Waals surface area contributed by atoms with Gasteiger partial charge in [-0.15, -0.1) is 0 Å². The molecule has 1 N–H and O–H groups in total. The lowest BCUT2D eigenvalue weighted by Crippen LogP contribution is -2.48. The van der Waals surface area contributed by atoms with Crippen LogP contribution in [-0.4, -0.2) is 48.5 Å². The summed E-state index contributed by atoms with van der Waals surface area (Å²) in [5.41, 5.74) is 2.38. The molecule has 0 atom stereocenters. The Balaban J connectivity index is 1.41. The van der Waals surface area contributed by atoms with Crippen LogP contribution in [0.4, 0.5) is 15.8 Å². The lowest BCUT2D eigenvalue weighted by atomic mass is 10.1. The summed E-state index contributed by atoms with van der Waals surface area (Å²) in [5, 5.41) is 12.9. The van der Waals surface area contributed by atoms with Gasteiger partial charge in [-0.1, -0.05) is 30.3 Å². The molecule has 0 radical (unpaired) electrons. The number of benzene rings is 2. The SMILES string of the molecule is N#Cc1cc(N2CCN(CC(=O)Nc3ccccc3F)CC2)c2ccccc2n1. The minimum Gasteiger partial charge on any atom is -0.368 e. The first-order chi connectivity index (χ1) is 14.1. The first-order valence-corrected chi connectivity index (χ1v) is 9.45. The number of piperazine rings is 1. The molecule has 1 fully saturated rings. The minimum absolute atomic E-state index is 0.198. The summed E-state index contributed by atoms with van der Waals surface area (Å²) in [6.45, 7) is 3.06. The lowest BCUT2D eigenvalue weighted by Gasteiger charge is -2.36. The Morgan fingerprint density at radius 1 is 1.10 bits per heavy atom. The minimum atomic E-state index is -0.441. The molecule has 0 spiro atoms. The number of carbonyl (C=O) groups is 1. The predicted molar refractivity (Wildman–Crippen MR) is 110 cm³/mol. The number of fused-ring (bicyclic) bond motifs is 1. The van der Waals surface area contributed by atoms with Crippen molar-refractivity contribution in [3.05, 3.63) is 66.1 Å². The molecule has 1 saturated heterocycles. The molecule has 1 aliphatic rings. The highest BCUT2D eigenvalue weighted by atomic mass is 19.1. The van der Waals surface area contributed by atoms with E-state index in [1.807, 2.05) is 35.2 Å². The molecule has 146 valence electrons. The number of hydrogen-bond donors (Lipinski definition) is 1. The molecule has 0 aliphatic carbocycles. The number of halogens is 1. The van der Waals surface area contributed by atoms with Crippen molar-refractivity contribution in [2.45, 2.75) is 0 Å². The van der Waals surface area contributed by atoms with Crippen LogP contribution < -0.4 is 10.2 Å². The van der Waals surface area contributed by atoms with Crippen molar-refractivity contribution >= 4 is 28.2 Å². The van der Waals surface area contributed by atoms with Gasteiger partial charge in [-0.25, -0.2) is 9.37 Å². The Labute approximate surface area is 168 Å². The largest absolute Gasteiger partial charge is 0.368 e. The van der Waals surface area contributed by atoms with E-state index in [0.717, 1.165) is 29.7 Å². The van der Waals surface area contributed by atoms with Crippen LogP contribution in [0.15, 0.2) is 54.6 Å². The van der Waals surface area contributed by atoms with Gasteiger partial charge < -0.3 is 10.2 Å². The molecule has 7 heteroatoms. The highest BCUT2D eigenvalue weighted by molar-refractivity contribution is 5.93. The fourth-order valence-electron chi connectivity index (χ4n) is 3.58. The molecule has 1 amide bonds. The summed E-state index contributed by atoms with van der Waals surface area (Å²) in [7, 11) is 0. The van der Waals surface area contributed by atoms with Crippen molar-refractivity contribution in [1.82, 2.24) is 9.88 Å². The quantitative estimate of drug-likeness (QED) is 0.743. The number of nitrogens with zero attached hydrogens (tertiary/aromatic N) is 4. The number of anilines is 2. The predicted octanol–water partition coefficient (Wildman–Crippen LogP) is 3.01. The van der Waals surface area contributed by atoms with E-state index in [0.29, 0.717) is 18.8 Å². The maximum absolute atomic E-state index is 13.7. The van der Waals surface area contributed by atoms with E-state index in [-0.39, 0.29) is 18.1 Å². The fraction of sp³-hybridized carbons (Fsp3) is 0.227. The molecule has 0 saturated carbocycles. The fourth-order valence-corrected chi connectivity index (χ4v) is 3.58. The summed E-state index contributed by atoms with van der Waals surface area (Å²) < 4.78 is 13.7. The van der Waals surface area contributed by atoms with Crippen LogP contribution in [0.3, 0.4) is 0 Å². The van der Waals surface area contributed by atoms with Crippen molar-refractivity contribution in [2.75, 3.05) is 42.9 Å². The Hall–Kier alpha value is -3.50. The number of rotatable bonds is 4. The van der Waals surface area contributed by atoms with Crippen LogP contribution in [0.5, 0.6) is 0 Å². The van der Waals surface area contributed by atoms with E-state index in [9.17, 15) is 14.4 Å². The zero-order valence-corrected chi connectivity index (χ0v) is 15.8. The van der Waals surface area contributed by atoms with Crippen molar-refractivity contribution in [1.29, 1.82) is 5.26 Å². The molecular formula is C22H20FN5O. The third kappa shape index (κ3) is 4.18. The third-order valence-electron chi connectivity index (χ3n) is 5.04. The van der Waals surface area contributed by atoms with Crippen LogP contribution in [0.2, 0.25) is 0 Å². The molecule has 0 bridgehead atoms. The molecule has 3 aromatic rings. The average molecular weight is 389 g/mol. The molecule has 4 rings (SSSR count). The van der Waals surface area contributed by atoms with Crippen LogP contribution >= 0.6 is 0 Å². The summed E-state index contributed by atoms with van der Waals surface area (Å²) in [5.74, 6) is -0.673. The first-order valence-electron chi connectivity index (χ1n) is 9.45. The Morgan fingerprint density at radius 3 is 2.59 bits per heavy atom. The van der Waals surface area contributed by atoms with Crippen LogP contribution in [0, 0.1) is 17.1 Å². The number of carbonyl (C=O) groups excluding carboxylic acids is 1. The van der Waals surface area contributed by atoms with E-state index >= 15 is 0 Å². The van der Waals surface area contributed by atoms with Crippen molar-refractivity contribution in [3.63, 3.8) is 0 Å². The van der Waals surface area contributed by atoms with Gasteiger partial charge in [0, 0.05) is 37.3 Å². The Morgan fingerprint density at radius 2 is 1.83 bits per heavy atom. The van der Waals surface area contributed by atoms with Crippen LogP contribution in [0.25, 0.3) is 10.9 Å². The number of nitrogens with one attached hydrogen (secondary N) is 1. The smallest absolute Gasteiger partial charge is 0.238 e. The summed E-state index contributed by atoms with van der Waals surface area (Å²) in [4.78, 5) is 20.9. The second-order valence-electron chi connectivity index (χ2n) is 6.95. The van der Waals surface area contributed by atoms with Gasteiger partial charge in [0.1, 0.15) is 17.6 Å². The number of pyridine rings is 1. The van der Waals surface area contributed by atoms with Gasteiger partial charge in [0.15, 0.2) is 0 Å². The van der Waals surface area contributed by atoms with Gasteiger partial charge in [0.25, 0.3) is 0 Å². The topological polar surface area (TPSA) is 72.3 Å². The highest BCUT2D eigenvalue weighted by Gasteiger charge is 2.21. The number of hydrogen-bond acceptors (Lipinski definition) is 5. The number of nitriles is 1. The molecule has 2 heterocycles. The van der Waals surface area contributed by atoms with E-state index in [2.05, 4.69) is 21.3 Å². The van der Waals surface area contributed by atoms with Crippen molar-refractivity contribution < 1.29 is 9.18 Å². The van der Waals surface area contributed by atoms with E-state index < -0.39 is 5.82 Å². The molecule has 1 aromatic heterocycles. The van der Waals surface area contributed by atoms with Gasteiger partial charge >= 0.3 is 0 Å². The Kier molecular flexibility index (Phi) is 5.36. The second kappa shape index (κ2) is 8.25. The molecule has 1 aliphatic heterocycles. The summed E-state index contributed by atoms with van der Waals surface area (Å²) >= 11 is 0. The van der Waals surface area contributed by atoms with Crippen molar-refractivity contribution in [3.8, 4) is 6.07 Å². The zero-order valence-electron chi connectivity index (χ0n) is 15.8. The standard InChI is InChI=1S/C22H20FN5O/c23-18-6-2-4-8-20(18)26-22(29)15-27-9-11-28(12-10-27)21-13-16(14-24)25-19-7-3-1-5-17(19)21/h1-8,13H,9-12,15H2,(H,26,29). The molecule has 2 aromatic carbocycles. The van der Waals surface area contributed by atoms with Gasteiger partial charge in [-0.05, 0) is 24.3 Å². The van der Waals surface area contributed by atoms with Gasteiger partial charge in [-0.3, -0.25) is 9.69 Å². The monoisotopic (exact) mass is 389 g/mol. The Bertz CT molecular complexity index is 1090. The van der Waals surface area contributed by atoms with Gasteiger partial charge in [0.2, 0.25) is 5.91 Å². The van der Waals surface area contributed by atoms with Gasteiger partial charge in [0.05, 0.1) is 17.7 Å². The number of para-hydroxylation sites is 2. The summed E-state index contributed by atoms with van der Waals surface area (Å²) in [6.07, 6.45) is 0. The number of amides is 1. The van der Waals surface area contributed by atoms with Gasteiger partial charge in [-0.2, -0.15) is 5.26 Å². The van der Waals surface area contributed by atoms with E-state index in [1.165, 1.54) is 6.07 Å². The van der Waals surface area contributed by atoms with E-state index in [4.69, 9.17) is 0 Å². The number of aromatic nitrogens is 1. The highest BCUT2D eigenvalue weighted by Crippen LogP contribution is 2.27. The third-order valence-corrected chi connectivity index (χ3v) is 5.04. The second-order valence-corrected chi connectivity index (χ2v) is 6.95. The van der Waals surface area contributed by atoms with Crippen LogP contribution in [-0.2, 0) is 4.79 Å². The normalized spacial score (nSPS) is 14.6. The lowest BCUT2D eigenvalue weighted by molar-refractivity contribution is -0.117. The zero-order chi connectivity index (χ0) is 20.2.